The molecule has 3 rings (SSSR count). The largest absolute Gasteiger partial charge is 0.456 e. The summed E-state index contributed by atoms with van der Waals surface area (Å²) < 4.78 is 6.00. The van der Waals surface area contributed by atoms with Gasteiger partial charge >= 0.3 is 0 Å². The fourth-order valence-electron chi connectivity index (χ4n) is 2.83. The van der Waals surface area contributed by atoms with Gasteiger partial charge in [-0.05, 0) is 24.3 Å². The molecule has 1 heterocycles. The summed E-state index contributed by atoms with van der Waals surface area (Å²) in [6.45, 7) is 10.9. The van der Waals surface area contributed by atoms with Gasteiger partial charge in [0.2, 0.25) is 11.8 Å². The Morgan fingerprint density at radius 2 is 1.42 bits per heavy atom. The highest BCUT2D eigenvalue weighted by molar-refractivity contribution is 6.02. The number of hydrogen-bond acceptors (Lipinski definition) is 4. The van der Waals surface area contributed by atoms with Crippen molar-refractivity contribution in [1.82, 2.24) is 0 Å². The first-order valence-electron chi connectivity index (χ1n) is 10.2. The van der Waals surface area contributed by atoms with Crippen molar-refractivity contribution < 1.29 is 14.0 Å². The van der Waals surface area contributed by atoms with E-state index in [1.165, 1.54) is 6.07 Å². The molecule has 6 heteroatoms. The topological polar surface area (TPSA) is 88.4 Å². The highest BCUT2D eigenvalue weighted by Crippen LogP contribution is 2.29. The number of hydrogen-bond donors (Lipinski definition) is 2. The van der Waals surface area contributed by atoms with E-state index in [0.717, 1.165) is 0 Å². The number of amides is 2. The third kappa shape index (κ3) is 5.02. The van der Waals surface area contributed by atoms with Crippen molar-refractivity contribution >= 4 is 34.2 Å². The van der Waals surface area contributed by atoms with Crippen LogP contribution < -0.4 is 16.1 Å². The normalized spacial score (nSPS) is 11.9. The summed E-state index contributed by atoms with van der Waals surface area (Å²) in [6, 6.07) is 13.7. The Balaban J connectivity index is 2.01. The van der Waals surface area contributed by atoms with E-state index in [2.05, 4.69) is 10.6 Å². The summed E-state index contributed by atoms with van der Waals surface area (Å²) >= 11 is 0. The van der Waals surface area contributed by atoms with Gasteiger partial charge in [-0.15, -0.1) is 0 Å². The van der Waals surface area contributed by atoms with Crippen molar-refractivity contribution in [2.24, 2.45) is 10.8 Å². The average molecular weight is 421 g/mol. The average Bonchev–Trinajstić information content (AvgIpc) is 2.66. The first kappa shape index (κ1) is 22.3. The number of fused-ring (bicyclic) bond motifs is 1. The Morgan fingerprint density at radius 3 is 2.06 bits per heavy atom. The molecule has 0 atom stereocenters. The van der Waals surface area contributed by atoms with Crippen LogP contribution in [0.2, 0.25) is 0 Å². The summed E-state index contributed by atoms with van der Waals surface area (Å²) in [5, 5.41) is 6.03. The Kier molecular flexibility index (Phi) is 5.77. The van der Waals surface area contributed by atoms with E-state index >= 15 is 0 Å². The third-order valence-corrected chi connectivity index (χ3v) is 4.77. The molecule has 0 bridgehead atoms. The van der Waals surface area contributed by atoms with E-state index in [-0.39, 0.29) is 17.2 Å². The first-order valence-corrected chi connectivity index (χ1v) is 10.2. The van der Waals surface area contributed by atoms with Crippen LogP contribution in [0.15, 0.2) is 57.7 Å². The Hall–Kier alpha value is -3.41. The number of nitrogens with one attached hydrogen (secondary N) is 2. The Morgan fingerprint density at radius 1 is 0.806 bits per heavy atom. The van der Waals surface area contributed by atoms with Crippen molar-refractivity contribution in [2.75, 3.05) is 10.6 Å². The van der Waals surface area contributed by atoms with E-state index in [9.17, 15) is 14.4 Å². The van der Waals surface area contributed by atoms with E-state index in [1.807, 2.05) is 26.8 Å². The van der Waals surface area contributed by atoms with Gasteiger partial charge in [0.25, 0.3) is 0 Å². The predicted octanol–water partition coefficient (Wildman–Crippen LogP) is 5.43. The second-order valence-electron chi connectivity index (χ2n) is 9.64. The van der Waals surface area contributed by atoms with E-state index < -0.39 is 10.8 Å². The van der Waals surface area contributed by atoms with Crippen LogP contribution in [0.1, 0.15) is 41.5 Å². The zero-order chi connectivity index (χ0) is 23.0. The maximum absolute atomic E-state index is 12.9. The molecule has 0 fully saturated rings. The fourth-order valence-corrected chi connectivity index (χ4v) is 2.83. The molecular formula is C25H28N2O4. The summed E-state index contributed by atoms with van der Waals surface area (Å²) in [4.78, 5) is 37.6. The summed E-state index contributed by atoms with van der Waals surface area (Å²) in [5.74, 6) is 0.0817. The number of carbonyl (C=O) groups is 2. The molecule has 2 amide bonds. The van der Waals surface area contributed by atoms with Crippen LogP contribution in [0, 0.1) is 10.8 Å². The number of rotatable bonds is 3. The molecule has 3 aromatic rings. The van der Waals surface area contributed by atoms with Crippen LogP contribution in [0.25, 0.3) is 22.3 Å². The molecule has 2 aromatic carbocycles. The van der Waals surface area contributed by atoms with Crippen LogP contribution in [-0.4, -0.2) is 11.8 Å². The van der Waals surface area contributed by atoms with Crippen molar-refractivity contribution in [3.8, 4) is 11.3 Å². The summed E-state index contributed by atoms with van der Waals surface area (Å²) in [7, 11) is 0. The highest BCUT2D eigenvalue weighted by Gasteiger charge is 2.23. The molecule has 0 spiro atoms. The molecule has 0 saturated heterocycles. The number of carbonyl (C=O) groups excluding carboxylic acids is 2. The molecule has 0 aliphatic carbocycles. The second kappa shape index (κ2) is 8.02. The van der Waals surface area contributed by atoms with Crippen LogP contribution >= 0.6 is 0 Å². The SMILES string of the molecule is CC(C)(C)C(=O)Nc1cccc(-c2cc(=O)c3c(NC(=O)C(C)(C)C)cccc3o2)c1. The minimum Gasteiger partial charge on any atom is -0.456 e. The fraction of sp³-hybridized carbons (Fsp3) is 0.320. The van der Waals surface area contributed by atoms with Gasteiger partial charge in [0, 0.05) is 28.1 Å². The first-order chi connectivity index (χ1) is 14.4. The molecule has 0 aliphatic heterocycles. The van der Waals surface area contributed by atoms with E-state index in [4.69, 9.17) is 4.42 Å². The predicted molar refractivity (Wildman–Crippen MR) is 124 cm³/mol. The lowest BCUT2D eigenvalue weighted by Gasteiger charge is -2.18. The monoisotopic (exact) mass is 420 g/mol. The van der Waals surface area contributed by atoms with Gasteiger partial charge in [-0.2, -0.15) is 0 Å². The smallest absolute Gasteiger partial charge is 0.229 e. The molecule has 0 unspecified atom stereocenters. The third-order valence-electron chi connectivity index (χ3n) is 4.77. The Bertz CT molecular complexity index is 1210. The molecule has 31 heavy (non-hydrogen) atoms. The van der Waals surface area contributed by atoms with Gasteiger partial charge in [0.05, 0.1) is 11.1 Å². The van der Waals surface area contributed by atoms with Crippen molar-refractivity contribution in [2.45, 2.75) is 41.5 Å². The maximum atomic E-state index is 12.9. The standard InChI is InChI=1S/C25H28N2O4/c1-24(2,3)22(29)26-16-10-7-9-15(13-16)20-14-18(28)21-17(11-8-12-19(21)31-20)27-23(30)25(4,5)6/h7-14H,1-6H3,(H,26,29)(H,27,30). The minimum absolute atomic E-state index is 0.108. The minimum atomic E-state index is -0.597. The van der Waals surface area contributed by atoms with Gasteiger partial charge in [-0.3, -0.25) is 14.4 Å². The quantitative estimate of drug-likeness (QED) is 0.591. The molecule has 0 saturated carbocycles. The molecule has 1 aromatic heterocycles. The van der Waals surface area contributed by atoms with Gasteiger partial charge < -0.3 is 15.1 Å². The lowest BCUT2D eigenvalue weighted by molar-refractivity contribution is -0.123. The van der Waals surface area contributed by atoms with Crippen LogP contribution in [-0.2, 0) is 9.59 Å². The van der Waals surface area contributed by atoms with Gasteiger partial charge in [-0.25, -0.2) is 0 Å². The Labute approximate surface area is 181 Å². The molecule has 162 valence electrons. The molecule has 2 N–H and O–H groups in total. The lowest BCUT2D eigenvalue weighted by Crippen LogP contribution is -2.28. The van der Waals surface area contributed by atoms with Crippen molar-refractivity contribution in [3.63, 3.8) is 0 Å². The van der Waals surface area contributed by atoms with E-state index in [1.54, 1.807) is 57.2 Å². The van der Waals surface area contributed by atoms with Gasteiger partial charge in [0.1, 0.15) is 11.3 Å². The highest BCUT2D eigenvalue weighted by atomic mass is 16.3. The number of benzene rings is 2. The van der Waals surface area contributed by atoms with Crippen molar-refractivity contribution in [1.29, 1.82) is 0 Å². The molecular weight excluding hydrogens is 392 g/mol. The zero-order valence-electron chi connectivity index (χ0n) is 18.8. The zero-order valence-corrected chi connectivity index (χ0v) is 18.8. The molecule has 0 radical (unpaired) electrons. The summed E-state index contributed by atoms with van der Waals surface area (Å²) in [6.07, 6.45) is 0. The molecule has 6 nitrogen and oxygen atoms in total. The summed E-state index contributed by atoms with van der Waals surface area (Å²) in [5.41, 5.74) is 0.688. The van der Waals surface area contributed by atoms with Crippen LogP contribution in [0.4, 0.5) is 11.4 Å². The van der Waals surface area contributed by atoms with Gasteiger partial charge in [-0.1, -0.05) is 59.7 Å². The van der Waals surface area contributed by atoms with E-state index in [0.29, 0.717) is 33.7 Å². The van der Waals surface area contributed by atoms with Crippen molar-refractivity contribution in [3.05, 3.63) is 58.8 Å². The van der Waals surface area contributed by atoms with Gasteiger partial charge in [0.15, 0.2) is 5.43 Å². The maximum Gasteiger partial charge on any atom is 0.229 e. The lowest BCUT2D eigenvalue weighted by atomic mass is 9.95. The van der Waals surface area contributed by atoms with Crippen LogP contribution in [0.3, 0.4) is 0 Å². The molecule has 0 aliphatic rings. The van der Waals surface area contributed by atoms with Crippen LogP contribution in [0.5, 0.6) is 0 Å². The number of anilines is 2. The second-order valence-corrected chi connectivity index (χ2v) is 9.64.